The van der Waals surface area contributed by atoms with Crippen LogP contribution in [-0.4, -0.2) is 23.0 Å². The molecule has 0 saturated heterocycles. The van der Waals surface area contributed by atoms with Crippen molar-refractivity contribution in [1.29, 1.82) is 0 Å². The fourth-order valence-corrected chi connectivity index (χ4v) is 3.34. The van der Waals surface area contributed by atoms with Crippen LogP contribution in [0.1, 0.15) is 23.7 Å². The van der Waals surface area contributed by atoms with Crippen molar-refractivity contribution in [3.63, 3.8) is 0 Å². The Labute approximate surface area is 124 Å². The lowest BCUT2D eigenvalue weighted by atomic mass is 9.97. The van der Waals surface area contributed by atoms with Crippen LogP contribution in [0.3, 0.4) is 0 Å². The number of nitrogens with zero attached hydrogens (tertiary/aromatic N) is 2. The Kier molecular flexibility index (Phi) is 3.70. The van der Waals surface area contributed by atoms with E-state index in [1.165, 1.54) is 16.8 Å². The number of rotatable bonds is 2. The summed E-state index contributed by atoms with van der Waals surface area (Å²) in [4.78, 5) is 7.27. The van der Waals surface area contributed by atoms with Crippen molar-refractivity contribution < 1.29 is 0 Å². The van der Waals surface area contributed by atoms with E-state index in [1.54, 1.807) is 0 Å². The van der Waals surface area contributed by atoms with Crippen molar-refractivity contribution in [2.24, 2.45) is 0 Å². The molecule has 0 N–H and O–H groups in total. The van der Waals surface area contributed by atoms with Gasteiger partial charge in [0.2, 0.25) is 0 Å². The third-order valence-corrected chi connectivity index (χ3v) is 4.45. The minimum Gasteiger partial charge on any atom is -0.299 e. The fraction of sp³-hybridized carbons (Fsp3) is 0.400. The largest absolute Gasteiger partial charge is 0.299 e. The maximum absolute atomic E-state index is 6.12. The number of fused-ring (bicyclic) bond motifs is 2. The lowest BCUT2D eigenvalue weighted by Gasteiger charge is -2.29. The van der Waals surface area contributed by atoms with Crippen LogP contribution in [-0.2, 0) is 18.7 Å². The molecule has 0 fully saturated rings. The molecule has 100 valence electrons. The van der Waals surface area contributed by atoms with Crippen LogP contribution in [0.25, 0.3) is 10.9 Å². The number of hydrogen-bond donors (Lipinski definition) is 1. The first-order chi connectivity index (χ1) is 9.22. The van der Waals surface area contributed by atoms with Crippen molar-refractivity contribution in [1.82, 2.24) is 9.88 Å². The third kappa shape index (κ3) is 2.35. The molecule has 4 heteroatoms. The zero-order valence-electron chi connectivity index (χ0n) is 11.0. The molecule has 0 unspecified atom stereocenters. The van der Waals surface area contributed by atoms with Gasteiger partial charge < -0.3 is 0 Å². The normalized spacial score (nSPS) is 15.7. The molecule has 2 nitrogen and oxygen atoms in total. The van der Waals surface area contributed by atoms with E-state index in [1.807, 2.05) is 18.2 Å². The molecule has 3 rings (SSSR count). The molecule has 0 bridgehead atoms. The molecule has 1 aromatic carbocycles. The second-order valence-corrected chi connectivity index (χ2v) is 5.71. The highest BCUT2D eigenvalue weighted by Gasteiger charge is 2.21. The average molecular weight is 293 g/mol. The summed E-state index contributed by atoms with van der Waals surface area (Å²) in [6.07, 6.45) is 1.03. The van der Waals surface area contributed by atoms with E-state index in [0.717, 1.165) is 47.7 Å². The van der Waals surface area contributed by atoms with E-state index in [0.29, 0.717) is 0 Å². The summed E-state index contributed by atoms with van der Waals surface area (Å²) >= 11 is 10.6. The summed E-state index contributed by atoms with van der Waals surface area (Å²) in [7, 11) is 0. The molecule has 0 spiro atoms. The van der Waals surface area contributed by atoms with Crippen molar-refractivity contribution in [3.8, 4) is 0 Å². The predicted octanol–water partition coefficient (Wildman–Crippen LogP) is 3.70. The molecule has 1 aliphatic rings. The summed E-state index contributed by atoms with van der Waals surface area (Å²) in [5.41, 5.74) is 4.93. The molecule has 0 radical (unpaired) electrons. The summed E-state index contributed by atoms with van der Waals surface area (Å²) < 4.78 is 0. The molecule has 0 saturated carbocycles. The van der Waals surface area contributed by atoms with Crippen LogP contribution in [0.5, 0.6) is 0 Å². The number of likely N-dealkylation sites (N-methyl/N-ethyl adjacent to an activating group) is 1. The second-order valence-electron chi connectivity index (χ2n) is 4.95. The molecule has 0 atom stereocenters. The number of pyridine rings is 1. The Morgan fingerprint density at radius 2 is 2.26 bits per heavy atom. The number of halogens is 1. The van der Waals surface area contributed by atoms with Crippen molar-refractivity contribution in [3.05, 3.63) is 40.0 Å². The van der Waals surface area contributed by atoms with E-state index in [2.05, 4.69) is 24.5 Å². The highest BCUT2D eigenvalue weighted by Crippen LogP contribution is 2.30. The smallest absolute Gasteiger partial charge is 0.0709 e. The second kappa shape index (κ2) is 5.31. The average Bonchev–Trinajstić information content (AvgIpc) is 2.44. The van der Waals surface area contributed by atoms with Gasteiger partial charge in [-0.15, -0.1) is 0 Å². The van der Waals surface area contributed by atoms with Crippen molar-refractivity contribution in [2.45, 2.75) is 25.6 Å². The molecule has 19 heavy (non-hydrogen) atoms. The minimum atomic E-state index is 0.735. The molecule has 2 aromatic rings. The maximum atomic E-state index is 6.12. The van der Waals surface area contributed by atoms with E-state index >= 15 is 0 Å². The standard InChI is InChI=1S/C15H17ClN2S/c1-2-18-6-5-15-12(8-18)13(9-19)11-7-10(16)3-4-14(11)17-15/h3-4,7,19H,2,5-6,8-9H2,1H3. The highest BCUT2D eigenvalue weighted by molar-refractivity contribution is 7.79. The van der Waals surface area contributed by atoms with E-state index in [9.17, 15) is 0 Å². The zero-order chi connectivity index (χ0) is 13.4. The van der Waals surface area contributed by atoms with E-state index < -0.39 is 0 Å². The lowest BCUT2D eigenvalue weighted by molar-refractivity contribution is 0.265. The number of benzene rings is 1. The maximum Gasteiger partial charge on any atom is 0.0709 e. The number of thiol groups is 1. The van der Waals surface area contributed by atoms with E-state index in [4.69, 9.17) is 16.6 Å². The van der Waals surface area contributed by atoms with E-state index in [-0.39, 0.29) is 0 Å². The molecule has 0 aliphatic carbocycles. The van der Waals surface area contributed by atoms with Gasteiger partial charge in [0.1, 0.15) is 0 Å². The zero-order valence-corrected chi connectivity index (χ0v) is 12.6. The molecule has 2 heterocycles. The van der Waals surface area contributed by atoms with Crippen LogP contribution in [0.2, 0.25) is 5.02 Å². The Morgan fingerprint density at radius 1 is 1.42 bits per heavy atom. The number of aromatic nitrogens is 1. The van der Waals surface area contributed by atoms with Gasteiger partial charge in [0.25, 0.3) is 0 Å². The van der Waals surface area contributed by atoms with Crippen LogP contribution in [0.4, 0.5) is 0 Å². The Bertz CT molecular complexity index is 627. The van der Waals surface area contributed by atoms with Gasteiger partial charge in [-0.1, -0.05) is 18.5 Å². The SMILES string of the molecule is CCN1CCc2nc3ccc(Cl)cc3c(CS)c2C1. The van der Waals surface area contributed by atoms with Gasteiger partial charge in [0.05, 0.1) is 5.52 Å². The fourth-order valence-electron chi connectivity index (χ4n) is 2.81. The van der Waals surface area contributed by atoms with Crippen molar-refractivity contribution in [2.75, 3.05) is 13.1 Å². The van der Waals surface area contributed by atoms with Gasteiger partial charge in [-0.2, -0.15) is 12.6 Å². The Balaban J connectivity index is 2.23. The first kappa shape index (κ1) is 13.2. The molecule has 0 amide bonds. The monoisotopic (exact) mass is 292 g/mol. The third-order valence-electron chi connectivity index (χ3n) is 3.90. The van der Waals surface area contributed by atoms with Crippen molar-refractivity contribution >= 4 is 35.1 Å². The molecular weight excluding hydrogens is 276 g/mol. The highest BCUT2D eigenvalue weighted by atomic mass is 35.5. The molecule has 1 aliphatic heterocycles. The van der Waals surface area contributed by atoms with Gasteiger partial charge in [-0.3, -0.25) is 9.88 Å². The number of hydrogen-bond acceptors (Lipinski definition) is 3. The quantitative estimate of drug-likeness (QED) is 0.850. The molecular formula is C15H17ClN2S. The minimum absolute atomic E-state index is 0.735. The molecule has 1 aromatic heterocycles. The van der Waals surface area contributed by atoms with Crippen LogP contribution < -0.4 is 0 Å². The Hall–Kier alpha value is -0.770. The Morgan fingerprint density at radius 3 is 3.00 bits per heavy atom. The van der Waals surface area contributed by atoms with Gasteiger partial charge in [-0.05, 0) is 35.9 Å². The summed E-state index contributed by atoms with van der Waals surface area (Å²) in [6.45, 7) is 5.37. The topological polar surface area (TPSA) is 16.1 Å². The summed E-state index contributed by atoms with van der Waals surface area (Å²) in [5.74, 6) is 0.735. The predicted molar refractivity (Wildman–Crippen MR) is 84.1 cm³/mol. The summed E-state index contributed by atoms with van der Waals surface area (Å²) in [5, 5.41) is 1.92. The van der Waals surface area contributed by atoms with Crippen LogP contribution in [0.15, 0.2) is 18.2 Å². The summed E-state index contributed by atoms with van der Waals surface area (Å²) in [6, 6.07) is 5.93. The lowest BCUT2D eigenvalue weighted by Crippen LogP contribution is -2.31. The van der Waals surface area contributed by atoms with Gasteiger partial charge in [0.15, 0.2) is 0 Å². The first-order valence-electron chi connectivity index (χ1n) is 6.66. The van der Waals surface area contributed by atoms with Gasteiger partial charge in [-0.25, -0.2) is 0 Å². The first-order valence-corrected chi connectivity index (χ1v) is 7.67. The van der Waals surface area contributed by atoms with Gasteiger partial charge >= 0.3 is 0 Å². The van der Waals surface area contributed by atoms with Crippen LogP contribution in [0, 0.1) is 0 Å². The van der Waals surface area contributed by atoms with Gasteiger partial charge in [0, 0.05) is 41.4 Å². The van der Waals surface area contributed by atoms with Crippen LogP contribution >= 0.6 is 24.2 Å².